The van der Waals surface area contributed by atoms with Crippen molar-refractivity contribution in [3.63, 3.8) is 0 Å². The Morgan fingerprint density at radius 1 is 1.28 bits per heavy atom. The molecule has 2 atom stereocenters. The van der Waals surface area contributed by atoms with Gasteiger partial charge in [0.1, 0.15) is 23.2 Å². The summed E-state index contributed by atoms with van der Waals surface area (Å²) in [5, 5.41) is 6.73. The zero-order valence-electron chi connectivity index (χ0n) is 18.5. The second-order valence-electron chi connectivity index (χ2n) is 8.71. The molecule has 0 saturated heterocycles. The highest BCUT2D eigenvalue weighted by Crippen LogP contribution is 2.39. The van der Waals surface area contributed by atoms with Crippen molar-refractivity contribution in [2.75, 3.05) is 24.4 Å². The van der Waals surface area contributed by atoms with E-state index >= 15 is 0 Å². The number of halogens is 3. The number of rotatable bonds is 6. The van der Waals surface area contributed by atoms with Crippen LogP contribution in [0.1, 0.15) is 37.0 Å². The molecule has 174 valence electrons. The third kappa shape index (κ3) is 4.17. The summed E-state index contributed by atoms with van der Waals surface area (Å²) in [5.41, 5.74) is 0.584. The maximum atomic E-state index is 13.0. The van der Waals surface area contributed by atoms with Gasteiger partial charge in [0.15, 0.2) is 5.82 Å². The van der Waals surface area contributed by atoms with E-state index in [1.165, 1.54) is 6.20 Å². The van der Waals surface area contributed by atoms with E-state index in [0.717, 1.165) is 23.6 Å². The fourth-order valence-electron chi connectivity index (χ4n) is 4.68. The van der Waals surface area contributed by atoms with Crippen molar-refractivity contribution in [3.8, 4) is 0 Å². The molecule has 1 saturated carbocycles. The average Bonchev–Trinajstić information content (AvgIpc) is 3.16. The summed E-state index contributed by atoms with van der Waals surface area (Å²) in [6, 6.07) is 0.506. The SMILES string of the molecule is CO[C@H](C)[C@H]1C(=O)Nc2c(C)nc(CC3CC(Cn4nccc4C(F)(F)F)C3)nc2N1C. The zero-order chi connectivity index (χ0) is 23.2. The topological polar surface area (TPSA) is 85.2 Å². The fourth-order valence-corrected chi connectivity index (χ4v) is 4.68. The number of hydrogen-bond donors (Lipinski definition) is 1. The Hall–Kier alpha value is -2.69. The Bertz CT molecular complexity index is 1000. The van der Waals surface area contributed by atoms with Gasteiger partial charge < -0.3 is 15.0 Å². The van der Waals surface area contributed by atoms with E-state index in [4.69, 9.17) is 9.72 Å². The maximum absolute atomic E-state index is 13.0. The van der Waals surface area contributed by atoms with E-state index in [1.54, 1.807) is 7.11 Å². The molecule has 2 aromatic heterocycles. The van der Waals surface area contributed by atoms with Crippen LogP contribution in [0.4, 0.5) is 24.7 Å². The Balaban J connectivity index is 1.42. The van der Waals surface area contributed by atoms with Crippen LogP contribution in [0.5, 0.6) is 0 Å². The molecule has 0 spiro atoms. The summed E-state index contributed by atoms with van der Waals surface area (Å²) in [7, 11) is 3.38. The standard InChI is InChI=1S/C21H27F3N6O2/c1-11-17-19(29(3)18(12(2)32-4)20(31)28-17)27-16(26-11)9-13-7-14(8-13)10-30-15(5-6-25-30)21(22,23)24/h5-6,12-14,18H,7-10H2,1-4H3,(H,28,31)/t12-,13?,14?,18+/m1/s1. The number of anilines is 2. The zero-order valence-corrected chi connectivity index (χ0v) is 18.5. The minimum Gasteiger partial charge on any atom is -0.379 e. The molecule has 0 bridgehead atoms. The Morgan fingerprint density at radius 2 is 2.00 bits per heavy atom. The number of likely N-dealkylation sites (N-methyl/N-ethyl adjacent to an activating group) is 1. The molecule has 11 heteroatoms. The van der Waals surface area contributed by atoms with E-state index in [-0.39, 0.29) is 24.5 Å². The first kappa shape index (κ1) is 22.5. The lowest BCUT2D eigenvalue weighted by molar-refractivity contribution is -0.144. The van der Waals surface area contributed by atoms with Crippen molar-refractivity contribution in [1.82, 2.24) is 19.7 Å². The van der Waals surface area contributed by atoms with Gasteiger partial charge in [-0.25, -0.2) is 9.97 Å². The van der Waals surface area contributed by atoms with E-state index in [1.807, 2.05) is 25.8 Å². The van der Waals surface area contributed by atoms with E-state index in [2.05, 4.69) is 15.4 Å². The van der Waals surface area contributed by atoms with Gasteiger partial charge in [-0.3, -0.25) is 9.48 Å². The van der Waals surface area contributed by atoms with Crippen molar-refractivity contribution in [1.29, 1.82) is 0 Å². The molecule has 0 unspecified atom stereocenters. The predicted molar refractivity (Wildman–Crippen MR) is 111 cm³/mol. The minimum absolute atomic E-state index is 0.147. The number of carbonyl (C=O) groups is 1. The smallest absolute Gasteiger partial charge is 0.379 e. The van der Waals surface area contributed by atoms with Crippen LogP contribution in [-0.4, -0.2) is 52.0 Å². The van der Waals surface area contributed by atoms with Crippen molar-refractivity contribution in [3.05, 3.63) is 29.5 Å². The number of aromatic nitrogens is 4. The monoisotopic (exact) mass is 452 g/mol. The molecule has 32 heavy (non-hydrogen) atoms. The van der Waals surface area contributed by atoms with E-state index < -0.39 is 17.9 Å². The molecular weight excluding hydrogens is 425 g/mol. The van der Waals surface area contributed by atoms with Crippen LogP contribution >= 0.6 is 0 Å². The molecule has 3 heterocycles. The lowest BCUT2D eigenvalue weighted by atomic mass is 9.73. The largest absolute Gasteiger partial charge is 0.433 e. The summed E-state index contributed by atoms with van der Waals surface area (Å²) in [5.74, 6) is 1.62. The molecule has 4 rings (SSSR count). The molecule has 2 aromatic rings. The molecule has 1 aliphatic heterocycles. The van der Waals surface area contributed by atoms with Gasteiger partial charge in [0.25, 0.3) is 0 Å². The highest BCUT2D eigenvalue weighted by molar-refractivity contribution is 6.03. The number of nitrogens with one attached hydrogen (secondary N) is 1. The number of ether oxygens (including phenoxy) is 1. The van der Waals surface area contributed by atoms with Crippen LogP contribution in [-0.2, 0) is 28.7 Å². The summed E-state index contributed by atoms with van der Waals surface area (Å²) in [4.78, 5) is 23.6. The highest BCUT2D eigenvalue weighted by Gasteiger charge is 2.39. The number of methoxy groups -OCH3 is 1. The van der Waals surface area contributed by atoms with Crippen LogP contribution in [0.2, 0.25) is 0 Å². The van der Waals surface area contributed by atoms with Crippen molar-refractivity contribution in [2.24, 2.45) is 11.8 Å². The third-order valence-corrected chi connectivity index (χ3v) is 6.44. The Labute approximate surface area is 184 Å². The number of fused-ring (bicyclic) bond motifs is 1. The Kier molecular flexibility index (Phi) is 5.87. The van der Waals surface area contributed by atoms with Crippen molar-refractivity contribution < 1.29 is 22.7 Å². The lowest BCUT2D eigenvalue weighted by Crippen LogP contribution is -2.53. The molecule has 1 N–H and O–H groups in total. The van der Waals surface area contributed by atoms with E-state index in [9.17, 15) is 18.0 Å². The van der Waals surface area contributed by atoms with Gasteiger partial charge in [-0.05, 0) is 44.6 Å². The van der Waals surface area contributed by atoms with E-state index in [0.29, 0.717) is 35.4 Å². The minimum atomic E-state index is -4.40. The first-order valence-corrected chi connectivity index (χ1v) is 10.6. The van der Waals surface area contributed by atoms with Crippen LogP contribution in [0.25, 0.3) is 0 Å². The second-order valence-corrected chi connectivity index (χ2v) is 8.71. The number of aryl methyl sites for hydroxylation is 1. The van der Waals surface area contributed by atoms with Crippen LogP contribution in [0, 0.1) is 18.8 Å². The average molecular weight is 452 g/mol. The van der Waals surface area contributed by atoms with Crippen LogP contribution < -0.4 is 10.2 Å². The number of alkyl halides is 3. The van der Waals surface area contributed by atoms with Gasteiger partial charge in [-0.2, -0.15) is 18.3 Å². The number of nitrogens with zero attached hydrogens (tertiary/aromatic N) is 5. The quantitative estimate of drug-likeness (QED) is 0.725. The Morgan fingerprint density at radius 3 is 2.66 bits per heavy atom. The molecule has 8 nitrogen and oxygen atoms in total. The molecule has 1 aliphatic carbocycles. The van der Waals surface area contributed by atoms with Crippen molar-refractivity contribution in [2.45, 2.75) is 58.0 Å². The predicted octanol–water partition coefficient (Wildman–Crippen LogP) is 3.06. The molecule has 0 radical (unpaired) electrons. The number of carbonyl (C=O) groups excluding carboxylic acids is 1. The number of hydrogen-bond acceptors (Lipinski definition) is 6. The maximum Gasteiger partial charge on any atom is 0.433 e. The summed E-state index contributed by atoms with van der Waals surface area (Å²) < 4.78 is 45.5. The summed E-state index contributed by atoms with van der Waals surface area (Å²) >= 11 is 0. The lowest BCUT2D eigenvalue weighted by Gasteiger charge is -2.38. The highest BCUT2D eigenvalue weighted by atomic mass is 19.4. The molecule has 1 amide bonds. The van der Waals surface area contributed by atoms with Crippen LogP contribution in [0.3, 0.4) is 0 Å². The van der Waals surface area contributed by atoms with Gasteiger partial charge >= 0.3 is 6.18 Å². The van der Waals surface area contributed by atoms with Gasteiger partial charge in [0.2, 0.25) is 5.91 Å². The summed E-state index contributed by atoms with van der Waals surface area (Å²) in [6.07, 6.45) is -1.28. The van der Waals surface area contributed by atoms with Gasteiger partial charge in [0, 0.05) is 33.3 Å². The fraction of sp³-hybridized carbons (Fsp3) is 0.619. The molecule has 0 aromatic carbocycles. The van der Waals surface area contributed by atoms with Crippen molar-refractivity contribution >= 4 is 17.4 Å². The summed E-state index contributed by atoms with van der Waals surface area (Å²) in [6.45, 7) is 3.92. The van der Waals surface area contributed by atoms with Gasteiger partial charge in [-0.15, -0.1) is 0 Å². The first-order valence-electron chi connectivity index (χ1n) is 10.6. The molecule has 2 aliphatic rings. The normalized spacial score (nSPS) is 24.0. The number of amides is 1. The second kappa shape index (κ2) is 8.34. The molecule has 1 fully saturated rings. The van der Waals surface area contributed by atoms with Gasteiger partial charge in [-0.1, -0.05) is 0 Å². The van der Waals surface area contributed by atoms with Crippen LogP contribution in [0.15, 0.2) is 12.3 Å². The molecular formula is C21H27F3N6O2. The first-order chi connectivity index (χ1) is 15.1. The van der Waals surface area contributed by atoms with Gasteiger partial charge in [0.05, 0.1) is 11.8 Å². The third-order valence-electron chi connectivity index (χ3n) is 6.44.